The fourth-order valence-electron chi connectivity index (χ4n) is 2.25. The van der Waals surface area contributed by atoms with Gasteiger partial charge >= 0.3 is 5.69 Å². The smallest absolute Gasteiger partial charge is 0.369 e. The molecule has 0 spiro atoms. The van der Waals surface area contributed by atoms with Crippen molar-refractivity contribution >= 4 is 0 Å². The summed E-state index contributed by atoms with van der Waals surface area (Å²) < 4.78 is 17.2. The molecule has 1 aliphatic rings. The summed E-state index contributed by atoms with van der Waals surface area (Å²) in [7, 11) is 1.53. The molecule has 0 aromatic carbocycles. The quantitative estimate of drug-likeness (QED) is 0.699. The summed E-state index contributed by atoms with van der Waals surface area (Å²) in [5, 5.41) is 12.3. The molecule has 3 aromatic heterocycles. The van der Waals surface area contributed by atoms with Crippen LogP contribution in [0.25, 0.3) is 5.82 Å². The minimum Gasteiger partial charge on any atom is -0.470 e. The Morgan fingerprint density at radius 2 is 2.36 bits per heavy atom. The van der Waals surface area contributed by atoms with E-state index in [4.69, 9.17) is 6.15 Å². The van der Waals surface area contributed by atoms with E-state index in [1.807, 2.05) is 4.57 Å². The highest BCUT2D eigenvalue weighted by Gasteiger charge is 2.29. The molecule has 3 aromatic rings. The molecule has 4 rings (SSSR count). The number of nitrogens with zero attached hydrogens (tertiary/aromatic N) is 7. The molecule has 114 valence electrons. The molecule has 1 saturated carbocycles. The lowest BCUT2D eigenvalue weighted by Gasteiger charge is -2.08. The van der Waals surface area contributed by atoms with Gasteiger partial charge < -0.3 is 9.30 Å². The fourth-order valence-corrected chi connectivity index (χ4v) is 2.25. The summed E-state index contributed by atoms with van der Waals surface area (Å²) in [6, 6.07) is 1.97. The third kappa shape index (κ3) is 2.08. The van der Waals surface area contributed by atoms with Gasteiger partial charge in [-0.2, -0.15) is 4.68 Å². The van der Waals surface area contributed by atoms with Crippen LogP contribution >= 0.6 is 0 Å². The predicted octanol–water partition coefficient (Wildman–Crippen LogP) is -0.201. The van der Waals surface area contributed by atoms with E-state index in [2.05, 4.69) is 20.5 Å². The van der Waals surface area contributed by atoms with Gasteiger partial charge in [-0.15, -0.1) is 9.78 Å². The van der Waals surface area contributed by atoms with Crippen molar-refractivity contribution < 1.29 is 6.15 Å². The van der Waals surface area contributed by atoms with E-state index in [1.54, 1.807) is 12.4 Å². The van der Waals surface area contributed by atoms with Crippen LogP contribution in [-0.2, 0) is 13.7 Å². The molecule has 1 fully saturated rings. The Morgan fingerprint density at radius 1 is 1.50 bits per heavy atom. The van der Waals surface area contributed by atoms with Gasteiger partial charge in [-0.1, -0.05) is 0 Å². The molecule has 10 heteroatoms. The van der Waals surface area contributed by atoms with Gasteiger partial charge in [0.1, 0.15) is 12.3 Å². The first kappa shape index (κ1) is 11.7. The maximum atomic E-state index is 12.1. The highest BCUT2D eigenvalue weighted by Crippen LogP contribution is 2.36. The fraction of sp³-hybridized carbons (Fsp3) is 0.417. The number of rotatable bonds is 5. The maximum Gasteiger partial charge on any atom is 0.369 e. The monoisotopic (exact) mass is 304 g/mol. The van der Waals surface area contributed by atoms with Crippen molar-refractivity contribution in [2.45, 2.75) is 25.5 Å². The lowest BCUT2D eigenvalue weighted by molar-refractivity contribution is 0.282. The van der Waals surface area contributed by atoms with Crippen LogP contribution in [0, 0.1) is 0 Å². The highest BCUT2D eigenvalue weighted by molar-refractivity contribution is 5.29. The third-order valence-corrected chi connectivity index (χ3v) is 3.53. The minimum atomic E-state index is -0.372. The molecule has 10 nitrogen and oxygen atoms in total. The Morgan fingerprint density at radius 3 is 3.00 bits per heavy atom. The molecule has 0 radical (unpaired) electrons. The van der Waals surface area contributed by atoms with Crippen LogP contribution in [0.1, 0.15) is 24.6 Å². The Hall–Kier alpha value is -2.91. The second-order valence-electron chi connectivity index (χ2n) is 5.11. The Labute approximate surface area is 125 Å². The highest BCUT2D eigenvalue weighted by atomic mass is 16.5. The largest absolute Gasteiger partial charge is 0.470 e. The van der Waals surface area contributed by atoms with Gasteiger partial charge in [0.2, 0.25) is 5.88 Å². The Kier molecular flexibility index (Phi) is 2.57. The van der Waals surface area contributed by atoms with Gasteiger partial charge in [0.25, 0.3) is 0 Å². The number of hydrogen-bond donors (Lipinski definition) is 1. The SMILES string of the molecule is [3H]n1ccc(OCc2c(-n3nnn(C)c3=O)ncn2C2CC2)n1. The van der Waals surface area contributed by atoms with E-state index in [0.717, 1.165) is 33.0 Å². The summed E-state index contributed by atoms with van der Waals surface area (Å²) in [6.45, 7) is 0.172. The van der Waals surface area contributed by atoms with E-state index in [-0.39, 0.29) is 12.3 Å². The molecular formula is C12H14N8O2. The van der Waals surface area contributed by atoms with Crippen LogP contribution in [0.5, 0.6) is 5.88 Å². The molecule has 22 heavy (non-hydrogen) atoms. The van der Waals surface area contributed by atoms with E-state index >= 15 is 0 Å². The summed E-state index contributed by atoms with van der Waals surface area (Å²) in [5.41, 5.74) is 0.359. The maximum absolute atomic E-state index is 12.1. The van der Waals surface area contributed by atoms with Gasteiger partial charge in [-0.05, 0) is 23.3 Å². The number of aromatic amines is 1. The number of imidazole rings is 1. The normalized spacial score (nSPS) is 15.0. The lowest BCUT2D eigenvalue weighted by atomic mass is 10.4. The molecular weight excluding hydrogens is 288 g/mol. The van der Waals surface area contributed by atoms with Gasteiger partial charge in [-0.3, -0.25) is 5.09 Å². The van der Waals surface area contributed by atoms with Crippen molar-refractivity contribution in [2.75, 3.05) is 0 Å². The molecule has 0 saturated heterocycles. The number of tetrazole rings is 1. The third-order valence-electron chi connectivity index (χ3n) is 3.53. The number of ether oxygens (including phenoxy) is 1. The Balaban J connectivity index is 1.69. The predicted molar refractivity (Wildman–Crippen MR) is 73.6 cm³/mol. The summed E-state index contributed by atoms with van der Waals surface area (Å²) in [6.07, 6.45) is 5.30. The van der Waals surface area contributed by atoms with E-state index in [9.17, 15) is 4.79 Å². The average molecular weight is 304 g/mol. The number of H-pyrrole nitrogens is 1. The second kappa shape index (κ2) is 4.83. The zero-order valence-electron chi connectivity index (χ0n) is 12.8. The molecule has 1 aliphatic carbocycles. The minimum absolute atomic E-state index is 0.172. The first-order valence-corrected chi connectivity index (χ1v) is 6.86. The number of nitrogens with one attached hydrogen (secondary N) is 1. The molecule has 1 N–H and O–H groups in total. The van der Waals surface area contributed by atoms with E-state index in [0.29, 0.717) is 17.7 Å². The molecule has 0 bridgehead atoms. The van der Waals surface area contributed by atoms with Crippen molar-refractivity contribution in [3.8, 4) is 11.7 Å². The zero-order valence-corrected chi connectivity index (χ0v) is 11.8. The van der Waals surface area contributed by atoms with Gasteiger partial charge in [-0.25, -0.2) is 9.78 Å². The van der Waals surface area contributed by atoms with Gasteiger partial charge in [0.05, 0.1) is 6.33 Å². The molecule has 0 atom stereocenters. The lowest BCUT2D eigenvalue weighted by Crippen LogP contribution is -2.23. The first-order valence-electron chi connectivity index (χ1n) is 7.31. The standard InChI is InChI=1S/C12H14N8O2/c1-18-12(21)20(17-16-18)11-9(6-22-10-4-5-14-15-10)19(7-13-11)8-2-3-8/h4-5,7-8H,2-3,6H2,1H3,(H,14,15)/i/hT. The van der Waals surface area contributed by atoms with Crippen LogP contribution in [0.2, 0.25) is 1.41 Å². The van der Waals surface area contributed by atoms with Crippen LogP contribution in [0.4, 0.5) is 0 Å². The van der Waals surface area contributed by atoms with E-state index < -0.39 is 0 Å². The first-order chi connectivity index (χ1) is 11.1. The number of hydrogen-bond acceptors (Lipinski definition) is 6. The average Bonchev–Trinajstić information content (AvgIpc) is 3.03. The zero-order chi connectivity index (χ0) is 16.0. The summed E-state index contributed by atoms with van der Waals surface area (Å²) in [4.78, 5) is 16.4. The molecule has 0 unspecified atom stereocenters. The molecule has 0 amide bonds. The van der Waals surface area contributed by atoms with Crippen LogP contribution in [0.3, 0.4) is 0 Å². The summed E-state index contributed by atoms with van der Waals surface area (Å²) in [5.74, 6) is 0.737. The van der Waals surface area contributed by atoms with Crippen LogP contribution in [-0.4, -0.2) is 39.5 Å². The van der Waals surface area contributed by atoms with Gasteiger partial charge in [0.15, 0.2) is 7.23 Å². The van der Waals surface area contributed by atoms with Crippen LogP contribution < -0.4 is 10.4 Å². The number of aryl methyl sites for hydroxylation is 1. The van der Waals surface area contributed by atoms with Crippen molar-refractivity contribution in [3.05, 3.63) is 34.8 Å². The Bertz CT molecular complexity index is 902. The molecule has 3 heterocycles. The van der Waals surface area contributed by atoms with Gasteiger partial charge in [0, 0.05) is 25.4 Å². The summed E-state index contributed by atoms with van der Waals surface area (Å²) >= 11 is 0. The van der Waals surface area contributed by atoms with Crippen molar-refractivity contribution in [3.63, 3.8) is 0 Å². The second-order valence-corrected chi connectivity index (χ2v) is 5.11. The number of aromatic nitrogens is 8. The van der Waals surface area contributed by atoms with Crippen molar-refractivity contribution in [1.82, 2.24) is 39.5 Å². The van der Waals surface area contributed by atoms with Crippen molar-refractivity contribution in [1.29, 1.82) is 0 Å². The topological polar surface area (TPSA) is 108 Å². The van der Waals surface area contributed by atoms with E-state index in [1.165, 1.54) is 13.2 Å². The molecule has 0 aliphatic heterocycles. The van der Waals surface area contributed by atoms with Crippen LogP contribution in [0.15, 0.2) is 23.4 Å². The van der Waals surface area contributed by atoms with Crippen molar-refractivity contribution in [2.24, 2.45) is 7.05 Å².